The number of hydrogen-bond donors (Lipinski definition) is 0. The van der Waals surface area contributed by atoms with Gasteiger partial charge in [0, 0.05) is 6.42 Å². The summed E-state index contributed by atoms with van der Waals surface area (Å²) in [6.45, 7) is 2.50. The fraction of sp³-hybridized carbons (Fsp3) is 0.533. The van der Waals surface area contributed by atoms with E-state index in [1.165, 1.54) is 0 Å². The highest BCUT2D eigenvalue weighted by Gasteiger charge is 2.24. The van der Waals surface area contributed by atoms with E-state index < -0.39 is 0 Å². The number of epoxide rings is 2. The number of carbonyl (C=O) groups is 1. The number of esters is 1. The third-order valence-corrected chi connectivity index (χ3v) is 3.21. The Bertz CT molecular complexity index is 448. The Kier molecular flexibility index (Phi) is 4.18. The molecule has 0 aromatic heterocycles. The Morgan fingerprint density at radius 1 is 1.10 bits per heavy atom. The van der Waals surface area contributed by atoms with Crippen LogP contribution < -0.4 is 4.74 Å². The number of carbonyl (C=O) groups excluding carboxylic acids is 1. The van der Waals surface area contributed by atoms with Crippen molar-refractivity contribution in [1.29, 1.82) is 0 Å². The number of hydrogen-bond acceptors (Lipinski definition) is 5. The first kappa shape index (κ1) is 13.4. The summed E-state index contributed by atoms with van der Waals surface area (Å²) in [5, 5.41) is 0. The molecule has 0 unspecified atom stereocenters. The van der Waals surface area contributed by atoms with Crippen LogP contribution in [-0.2, 0) is 25.4 Å². The summed E-state index contributed by atoms with van der Waals surface area (Å²) >= 11 is 0. The molecule has 1 aromatic rings. The van der Waals surface area contributed by atoms with Gasteiger partial charge >= 0.3 is 5.97 Å². The molecule has 0 saturated carbocycles. The van der Waals surface area contributed by atoms with Crippen LogP contribution >= 0.6 is 0 Å². The maximum atomic E-state index is 11.5. The Morgan fingerprint density at radius 2 is 1.75 bits per heavy atom. The van der Waals surface area contributed by atoms with Gasteiger partial charge in [-0.2, -0.15) is 0 Å². The van der Waals surface area contributed by atoms with Gasteiger partial charge in [0.2, 0.25) is 0 Å². The molecule has 2 fully saturated rings. The normalized spacial score (nSPS) is 23.2. The van der Waals surface area contributed by atoms with Gasteiger partial charge in [0.1, 0.15) is 31.2 Å². The molecule has 0 aliphatic carbocycles. The highest BCUT2D eigenvalue weighted by atomic mass is 16.6. The second-order valence-electron chi connectivity index (χ2n) is 5.05. The topological polar surface area (TPSA) is 60.6 Å². The summed E-state index contributed by atoms with van der Waals surface area (Å²) < 4.78 is 20.7. The molecule has 5 nitrogen and oxygen atoms in total. The fourth-order valence-corrected chi connectivity index (χ4v) is 1.77. The maximum absolute atomic E-state index is 11.5. The van der Waals surface area contributed by atoms with Gasteiger partial charge in [-0.25, -0.2) is 0 Å². The molecule has 1 aromatic carbocycles. The van der Waals surface area contributed by atoms with Crippen LogP contribution in [0.25, 0.3) is 0 Å². The summed E-state index contributed by atoms with van der Waals surface area (Å²) in [6.07, 6.45) is 1.46. The minimum atomic E-state index is -0.174. The molecule has 0 amide bonds. The van der Waals surface area contributed by atoms with Crippen molar-refractivity contribution in [3.8, 4) is 5.75 Å². The average molecular weight is 278 g/mol. The van der Waals surface area contributed by atoms with E-state index >= 15 is 0 Å². The van der Waals surface area contributed by atoms with Crippen LogP contribution in [-0.4, -0.2) is 44.6 Å². The van der Waals surface area contributed by atoms with E-state index in [1.54, 1.807) is 0 Å². The first-order valence-corrected chi connectivity index (χ1v) is 6.90. The predicted molar refractivity (Wildman–Crippen MR) is 70.7 cm³/mol. The van der Waals surface area contributed by atoms with Gasteiger partial charge in [-0.15, -0.1) is 0 Å². The number of rotatable bonds is 8. The van der Waals surface area contributed by atoms with Crippen LogP contribution in [0.2, 0.25) is 0 Å². The Labute approximate surface area is 117 Å². The fourth-order valence-electron chi connectivity index (χ4n) is 1.77. The molecule has 2 saturated heterocycles. The predicted octanol–water partition coefficient (Wildman–Crippen LogP) is 1.34. The minimum absolute atomic E-state index is 0.130. The first-order valence-electron chi connectivity index (χ1n) is 6.90. The molecule has 0 spiro atoms. The van der Waals surface area contributed by atoms with Crippen molar-refractivity contribution in [2.24, 2.45) is 0 Å². The molecular formula is C15H18O5. The molecular weight excluding hydrogens is 260 g/mol. The lowest BCUT2D eigenvalue weighted by molar-refractivity contribution is -0.144. The Morgan fingerprint density at radius 3 is 2.40 bits per heavy atom. The van der Waals surface area contributed by atoms with Crippen LogP contribution in [0.1, 0.15) is 12.0 Å². The second-order valence-corrected chi connectivity index (χ2v) is 5.05. The Hall–Kier alpha value is -1.59. The van der Waals surface area contributed by atoms with Gasteiger partial charge in [0.15, 0.2) is 0 Å². The summed E-state index contributed by atoms with van der Waals surface area (Å²) in [6, 6.07) is 7.78. The van der Waals surface area contributed by atoms with Crippen LogP contribution in [0.3, 0.4) is 0 Å². The van der Waals surface area contributed by atoms with Gasteiger partial charge < -0.3 is 18.9 Å². The van der Waals surface area contributed by atoms with E-state index in [0.717, 1.165) is 17.9 Å². The number of aryl methyl sites for hydroxylation is 1. The van der Waals surface area contributed by atoms with Crippen LogP contribution in [0.15, 0.2) is 24.3 Å². The van der Waals surface area contributed by atoms with E-state index in [1.807, 2.05) is 24.3 Å². The molecule has 20 heavy (non-hydrogen) atoms. The molecule has 108 valence electrons. The zero-order valence-electron chi connectivity index (χ0n) is 11.2. The van der Waals surface area contributed by atoms with Gasteiger partial charge in [0.25, 0.3) is 0 Å². The smallest absolute Gasteiger partial charge is 0.306 e. The van der Waals surface area contributed by atoms with Crippen molar-refractivity contribution in [3.63, 3.8) is 0 Å². The zero-order chi connectivity index (χ0) is 13.8. The van der Waals surface area contributed by atoms with Crippen molar-refractivity contribution < 1.29 is 23.7 Å². The lowest BCUT2D eigenvalue weighted by Crippen LogP contribution is -2.10. The third kappa shape index (κ3) is 4.51. The Balaban J connectivity index is 1.36. The number of ether oxygens (including phenoxy) is 4. The van der Waals surface area contributed by atoms with Crippen molar-refractivity contribution in [2.75, 3.05) is 26.4 Å². The van der Waals surface area contributed by atoms with Gasteiger partial charge in [-0.1, -0.05) is 12.1 Å². The van der Waals surface area contributed by atoms with Gasteiger partial charge in [-0.05, 0) is 24.1 Å². The van der Waals surface area contributed by atoms with E-state index in [-0.39, 0.29) is 18.2 Å². The summed E-state index contributed by atoms with van der Waals surface area (Å²) in [7, 11) is 0. The molecule has 5 heteroatoms. The van der Waals surface area contributed by atoms with E-state index in [2.05, 4.69) is 0 Å². The average Bonchev–Trinajstić information content (AvgIpc) is 3.36. The van der Waals surface area contributed by atoms with Crippen molar-refractivity contribution >= 4 is 5.97 Å². The van der Waals surface area contributed by atoms with Gasteiger partial charge in [-0.3, -0.25) is 4.79 Å². The summed E-state index contributed by atoms with van der Waals surface area (Å²) in [5.41, 5.74) is 1.10. The molecule has 2 aliphatic heterocycles. The molecule has 2 atom stereocenters. The van der Waals surface area contributed by atoms with E-state index in [9.17, 15) is 4.79 Å². The maximum Gasteiger partial charge on any atom is 0.306 e. The highest BCUT2D eigenvalue weighted by Crippen LogP contribution is 2.17. The molecule has 3 rings (SSSR count). The molecule has 2 aliphatic rings. The van der Waals surface area contributed by atoms with Crippen LogP contribution in [0.5, 0.6) is 5.75 Å². The lowest BCUT2D eigenvalue weighted by Gasteiger charge is -2.06. The standard InChI is InChI=1S/C15H18O5/c16-15(20-10-14-9-19-14)6-3-11-1-4-12(5-2-11)17-7-13-8-18-13/h1-2,4-5,13-14H,3,6-10H2/t13-,14+/m1/s1. The van der Waals surface area contributed by atoms with E-state index in [4.69, 9.17) is 18.9 Å². The molecule has 0 radical (unpaired) electrons. The third-order valence-electron chi connectivity index (χ3n) is 3.21. The number of benzene rings is 1. The van der Waals surface area contributed by atoms with Crippen molar-refractivity contribution in [3.05, 3.63) is 29.8 Å². The SMILES string of the molecule is O=C(CCc1ccc(OC[C@@H]2CO2)cc1)OC[C@@H]1CO1. The first-order chi connectivity index (χ1) is 9.79. The van der Waals surface area contributed by atoms with Crippen molar-refractivity contribution in [1.82, 2.24) is 0 Å². The van der Waals surface area contributed by atoms with Crippen molar-refractivity contribution in [2.45, 2.75) is 25.0 Å². The monoisotopic (exact) mass is 278 g/mol. The summed E-state index contributed by atoms with van der Waals surface area (Å²) in [5.74, 6) is 0.657. The van der Waals surface area contributed by atoms with Crippen LogP contribution in [0, 0.1) is 0 Å². The molecule has 2 heterocycles. The molecule has 0 N–H and O–H groups in total. The highest BCUT2D eigenvalue weighted by molar-refractivity contribution is 5.69. The van der Waals surface area contributed by atoms with Crippen LogP contribution in [0.4, 0.5) is 0 Å². The zero-order valence-corrected chi connectivity index (χ0v) is 11.2. The lowest BCUT2D eigenvalue weighted by atomic mass is 10.1. The minimum Gasteiger partial charge on any atom is -0.491 e. The second kappa shape index (κ2) is 6.24. The quantitative estimate of drug-likeness (QED) is 0.530. The summed E-state index contributed by atoms with van der Waals surface area (Å²) in [4.78, 5) is 11.5. The van der Waals surface area contributed by atoms with Gasteiger partial charge in [0.05, 0.1) is 13.2 Å². The van der Waals surface area contributed by atoms with E-state index in [0.29, 0.717) is 32.7 Å². The largest absolute Gasteiger partial charge is 0.491 e. The molecule has 0 bridgehead atoms.